The number of hydrogen-bond acceptors (Lipinski definition) is 3. The van der Waals surface area contributed by atoms with Crippen molar-refractivity contribution in [2.24, 2.45) is 0 Å². The summed E-state index contributed by atoms with van der Waals surface area (Å²) in [6.07, 6.45) is 1.53. The van der Waals surface area contributed by atoms with Gasteiger partial charge in [-0.25, -0.2) is 0 Å². The van der Waals surface area contributed by atoms with Gasteiger partial charge in [0.1, 0.15) is 0 Å². The van der Waals surface area contributed by atoms with Gasteiger partial charge in [-0.1, -0.05) is 11.6 Å². The summed E-state index contributed by atoms with van der Waals surface area (Å²) in [5.74, 6) is -0.211. The van der Waals surface area contributed by atoms with Crippen LogP contribution in [0, 0.1) is 0 Å². The second-order valence-electron chi connectivity index (χ2n) is 5.08. The maximum Gasteiger partial charge on any atom is 0.221 e. The fraction of sp³-hybridized carbons (Fsp3) is 0.111. The number of carbonyl (C=O) groups excluding carboxylic acids is 2. The van der Waals surface area contributed by atoms with Crippen molar-refractivity contribution in [2.45, 2.75) is 13.8 Å². The van der Waals surface area contributed by atoms with Crippen molar-refractivity contribution in [2.75, 3.05) is 10.6 Å². The predicted octanol–water partition coefficient (Wildman–Crippen LogP) is 4.50. The molecule has 0 heterocycles. The van der Waals surface area contributed by atoms with E-state index < -0.39 is 0 Å². The molecule has 0 aliphatic heterocycles. The molecule has 2 rings (SSSR count). The Bertz CT molecular complexity index is 735. The van der Waals surface area contributed by atoms with Gasteiger partial charge in [0.15, 0.2) is 5.78 Å². The molecule has 2 aromatic rings. The number of halogens is 1. The lowest BCUT2D eigenvalue weighted by Crippen LogP contribution is -2.05. The van der Waals surface area contributed by atoms with Gasteiger partial charge in [0.2, 0.25) is 5.91 Å². The number of nitrogens with one attached hydrogen (secondary N) is 2. The number of allylic oxidation sites excluding steroid dienone is 2. The Morgan fingerprint density at radius 1 is 0.870 bits per heavy atom. The average molecular weight is 329 g/mol. The van der Waals surface area contributed by atoms with Gasteiger partial charge in [-0.05, 0) is 55.5 Å². The number of carbonyl (C=O) groups is 2. The molecule has 0 saturated heterocycles. The number of ketones is 1. The molecule has 5 heteroatoms. The van der Waals surface area contributed by atoms with E-state index in [0.29, 0.717) is 10.6 Å². The quantitative estimate of drug-likeness (QED) is 0.627. The van der Waals surface area contributed by atoms with Crippen molar-refractivity contribution >= 4 is 34.7 Å². The fourth-order valence-electron chi connectivity index (χ4n) is 2.00. The molecule has 0 unspecified atom stereocenters. The van der Waals surface area contributed by atoms with Crippen LogP contribution >= 0.6 is 11.6 Å². The van der Waals surface area contributed by atoms with E-state index in [1.165, 1.54) is 13.0 Å². The van der Waals surface area contributed by atoms with Crippen LogP contribution in [0.2, 0.25) is 5.02 Å². The Hall–Kier alpha value is -2.59. The van der Waals surface area contributed by atoms with E-state index in [9.17, 15) is 9.59 Å². The third-order valence-corrected chi connectivity index (χ3v) is 3.28. The molecule has 0 aromatic heterocycles. The second-order valence-corrected chi connectivity index (χ2v) is 5.52. The van der Waals surface area contributed by atoms with Crippen LogP contribution < -0.4 is 10.6 Å². The molecule has 2 N–H and O–H groups in total. The topological polar surface area (TPSA) is 58.2 Å². The zero-order valence-corrected chi connectivity index (χ0v) is 13.6. The van der Waals surface area contributed by atoms with Crippen molar-refractivity contribution in [1.29, 1.82) is 0 Å². The summed E-state index contributed by atoms with van der Waals surface area (Å²) in [5.41, 5.74) is 2.85. The number of anilines is 2. The van der Waals surface area contributed by atoms with Crippen molar-refractivity contribution in [1.82, 2.24) is 0 Å². The van der Waals surface area contributed by atoms with Gasteiger partial charge >= 0.3 is 0 Å². The van der Waals surface area contributed by atoms with E-state index >= 15 is 0 Å². The largest absolute Gasteiger partial charge is 0.359 e. The molecule has 0 saturated carbocycles. The van der Waals surface area contributed by atoms with E-state index in [2.05, 4.69) is 10.6 Å². The Morgan fingerprint density at radius 2 is 1.39 bits per heavy atom. The van der Waals surface area contributed by atoms with Gasteiger partial charge in [-0.3, -0.25) is 9.59 Å². The van der Waals surface area contributed by atoms with E-state index in [1.807, 2.05) is 19.1 Å². The first-order valence-electron chi connectivity index (χ1n) is 7.07. The first-order chi connectivity index (χ1) is 10.9. The second kappa shape index (κ2) is 7.61. The number of benzene rings is 2. The van der Waals surface area contributed by atoms with Crippen molar-refractivity contribution in [3.05, 3.63) is 70.9 Å². The summed E-state index contributed by atoms with van der Waals surface area (Å²) in [4.78, 5) is 23.1. The van der Waals surface area contributed by atoms with Crippen LogP contribution in [0.3, 0.4) is 0 Å². The third-order valence-electron chi connectivity index (χ3n) is 3.02. The van der Waals surface area contributed by atoms with E-state index in [0.717, 1.165) is 17.1 Å². The van der Waals surface area contributed by atoms with Crippen LogP contribution in [-0.4, -0.2) is 11.7 Å². The highest BCUT2D eigenvalue weighted by molar-refractivity contribution is 6.30. The van der Waals surface area contributed by atoms with Gasteiger partial charge in [-0.15, -0.1) is 0 Å². The maximum atomic E-state index is 12.1. The van der Waals surface area contributed by atoms with Crippen LogP contribution in [0.25, 0.3) is 0 Å². The molecule has 23 heavy (non-hydrogen) atoms. The SMILES string of the molecule is CC(=O)Nc1ccc(N/C(C)=C/C(=O)c2ccc(Cl)cc2)cc1. The lowest BCUT2D eigenvalue weighted by Gasteiger charge is -2.08. The smallest absolute Gasteiger partial charge is 0.221 e. The average Bonchev–Trinajstić information content (AvgIpc) is 2.49. The van der Waals surface area contributed by atoms with Crippen LogP contribution in [0.1, 0.15) is 24.2 Å². The Morgan fingerprint density at radius 3 is 1.91 bits per heavy atom. The summed E-state index contributed by atoms with van der Waals surface area (Å²) in [6, 6.07) is 14.0. The molecular weight excluding hydrogens is 312 g/mol. The summed E-state index contributed by atoms with van der Waals surface area (Å²) in [6.45, 7) is 3.27. The zero-order valence-electron chi connectivity index (χ0n) is 12.9. The molecule has 0 atom stereocenters. The lowest BCUT2D eigenvalue weighted by atomic mass is 10.1. The Labute approximate surface area is 140 Å². The first kappa shape index (κ1) is 16.8. The van der Waals surface area contributed by atoms with Gasteiger partial charge in [-0.2, -0.15) is 0 Å². The zero-order chi connectivity index (χ0) is 16.8. The maximum absolute atomic E-state index is 12.1. The Kier molecular flexibility index (Phi) is 5.55. The normalized spacial score (nSPS) is 11.0. The van der Waals surface area contributed by atoms with E-state index in [-0.39, 0.29) is 11.7 Å². The summed E-state index contributed by atoms with van der Waals surface area (Å²) >= 11 is 5.81. The first-order valence-corrected chi connectivity index (χ1v) is 7.45. The van der Waals surface area contributed by atoms with Crippen LogP contribution in [0.15, 0.2) is 60.3 Å². The van der Waals surface area contributed by atoms with E-state index in [4.69, 9.17) is 11.6 Å². The minimum absolute atomic E-state index is 0.0958. The molecule has 0 radical (unpaired) electrons. The highest BCUT2D eigenvalue weighted by atomic mass is 35.5. The third kappa shape index (κ3) is 5.27. The van der Waals surface area contributed by atoms with E-state index in [1.54, 1.807) is 36.4 Å². The van der Waals surface area contributed by atoms with Crippen molar-refractivity contribution in [3.8, 4) is 0 Å². The number of amides is 1. The van der Waals surface area contributed by atoms with Gasteiger partial charge in [0.25, 0.3) is 0 Å². The lowest BCUT2D eigenvalue weighted by molar-refractivity contribution is -0.114. The summed E-state index contributed by atoms with van der Waals surface area (Å²) in [5, 5.41) is 6.43. The molecule has 118 valence electrons. The highest BCUT2D eigenvalue weighted by Gasteiger charge is 2.03. The van der Waals surface area contributed by atoms with Crippen molar-refractivity contribution < 1.29 is 9.59 Å². The summed E-state index contributed by atoms with van der Waals surface area (Å²) < 4.78 is 0. The van der Waals surface area contributed by atoms with Gasteiger partial charge in [0.05, 0.1) is 0 Å². The molecule has 2 aromatic carbocycles. The monoisotopic (exact) mass is 328 g/mol. The molecule has 0 bridgehead atoms. The fourth-order valence-corrected chi connectivity index (χ4v) is 2.12. The number of rotatable bonds is 5. The molecule has 0 spiro atoms. The minimum atomic E-state index is -0.115. The molecular formula is C18H17ClN2O2. The highest BCUT2D eigenvalue weighted by Crippen LogP contribution is 2.16. The van der Waals surface area contributed by atoms with Crippen LogP contribution in [-0.2, 0) is 4.79 Å². The van der Waals surface area contributed by atoms with Crippen molar-refractivity contribution in [3.63, 3.8) is 0 Å². The number of hydrogen-bond donors (Lipinski definition) is 2. The molecule has 0 fully saturated rings. The Balaban J connectivity index is 2.02. The standard InChI is InChI=1S/C18H17ClN2O2/c1-12(11-18(23)14-3-5-15(19)6-4-14)20-16-7-9-17(10-8-16)21-13(2)22/h3-11,20H,1-2H3,(H,21,22)/b12-11+. The van der Waals surface area contributed by atoms with Crippen LogP contribution in [0.5, 0.6) is 0 Å². The molecule has 4 nitrogen and oxygen atoms in total. The van der Waals surface area contributed by atoms with Gasteiger partial charge in [0, 0.05) is 40.7 Å². The predicted molar refractivity (Wildman–Crippen MR) is 93.9 cm³/mol. The molecule has 1 amide bonds. The summed E-state index contributed by atoms with van der Waals surface area (Å²) in [7, 11) is 0. The molecule has 0 aliphatic rings. The minimum Gasteiger partial charge on any atom is -0.359 e. The van der Waals surface area contributed by atoms with Crippen LogP contribution in [0.4, 0.5) is 11.4 Å². The molecule has 0 aliphatic carbocycles. The van der Waals surface area contributed by atoms with Gasteiger partial charge < -0.3 is 10.6 Å².